The van der Waals surface area contributed by atoms with Crippen molar-refractivity contribution in [2.45, 2.75) is 0 Å². The molecule has 0 aliphatic rings. The van der Waals surface area contributed by atoms with Crippen LogP contribution in [0.3, 0.4) is 0 Å². The number of halogens is 1. The zero-order chi connectivity index (χ0) is 11.3. The molecule has 0 unspecified atom stereocenters. The number of aliphatic hydroxyl groups excluding tert-OH is 1. The highest BCUT2D eigenvalue weighted by Crippen LogP contribution is 2.11. The smallest absolute Gasteiger partial charge is 0.186 e. The SMILES string of the molecule is C/N=C(\C=C(\O)NC)c1ccc(Cl)cc1. The van der Waals surface area contributed by atoms with E-state index >= 15 is 0 Å². The highest BCUT2D eigenvalue weighted by molar-refractivity contribution is 6.30. The normalized spacial score (nSPS) is 12.7. The van der Waals surface area contributed by atoms with Crippen LogP contribution in [0.1, 0.15) is 5.56 Å². The van der Waals surface area contributed by atoms with Crippen LogP contribution in [0, 0.1) is 0 Å². The zero-order valence-electron chi connectivity index (χ0n) is 8.66. The molecule has 0 aliphatic carbocycles. The van der Waals surface area contributed by atoms with E-state index in [1.165, 1.54) is 0 Å². The second-order valence-corrected chi connectivity index (χ2v) is 3.33. The van der Waals surface area contributed by atoms with Gasteiger partial charge in [0, 0.05) is 25.2 Å². The molecule has 0 radical (unpaired) electrons. The third-order valence-electron chi connectivity index (χ3n) is 1.91. The molecule has 0 saturated carbocycles. The van der Waals surface area contributed by atoms with E-state index in [1.54, 1.807) is 32.3 Å². The molecule has 2 N–H and O–H groups in total. The lowest BCUT2D eigenvalue weighted by Crippen LogP contribution is -2.08. The minimum Gasteiger partial charge on any atom is -0.495 e. The molecule has 15 heavy (non-hydrogen) atoms. The third kappa shape index (κ3) is 3.29. The summed E-state index contributed by atoms with van der Waals surface area (Å²) in [5, 5.41) is 12.6. The second-order valence-electron chi connectivity index (χ2n) is 2.90. The fourth-order valence-electron chi connectivity index (χ4n) is 1.10. The number of hydrogen-bond donors (Lipinski definition) is 2. The molecule has 0 spiro atoms. The lowest BCUT2D eigenvalue weighted by atomic mass is 10.1. The van der Waals surface area contributed by atoms with Crippen LogP contribution in [0.4, 0.5) is 0 Å². The molecule has 0 saturated heterocycles. The minimum absolute atomic E-state index is 0.0746. The molecular weight excluding hydrogens is 212 g/mol. The molecule has 80 valence electrons. The van der Waals surface area contributed by atoms with Crippen LogP contribution in [0.25, 0.3) is 0 Å². The van der Waals surface area contributed by atoms with Crippen molar-refractivity contribution < 1.29 is 5.11 Å². The van der Waals surface area contributed by atoms with Crippen molar-refractivity contribution in [3.8, 4) is 0 Å². The van der Waals surface area contributed by atoms with Crippen LogP contribution in [-0.4, -0.2) is 24.9 Å². The number of aliphatic hydroxyl groups is 1. The van der Waals surface area contributed by atoms with Crippen molar-refractivity contribution >= 4 is 17.3 Å². The van der Waals surface area contributed by atoms with Gasteiger partial charge in [0.15, 0.2) is 5.88 Å². The zero-order valence-corrected chi connectivity index (χ0v) is 9.42. The first-order valence-corrected chi connectivity index (χ1v) is 4.86. The van der Waals surface area contributed by atoms with Gasteiger partial charge in [-0.15, -0.1) is 0 Å². The molecule has 1 aromatic carbocycles. The van der Waals surface area contributed by atoms with Crippen LogP contribution in [0.15, 0.2) is 41.2 Å². The molecule has 0 aromatic heterocycles. The lowest BCUT2D eigenvalue weighted by Gasteiger charge is -2.02. The summed E-state index contributed by atoms with van der Waals surface area (Å²) in [5.74, 6) is 0.0746. The molecule has 0 heterocycles. The molecule has 0 atom stereocenters. The van der Waals surface area contributed by atoms with Gasteiger partial charge < -0.3 is 10.4 Å². The molecule has 3 nitrogen and oxygen atoms in total. The molecular formula is C11H13ClN2O. The maximum atomic E-state index is 9.32. The lowest BCUT2D eigenvalue weighted by molar-refractivity contribution is 0.377. The van der Waals surface area contributed by atoms with Crippen LogP contribution in [-0.2, 0) is 0 Å². The summed E-state index contributed by atoms with van der Waals surface area (Å²) in [4.78, 5) is 4.07. The Hall–Kier alpha value is -1.48. The quantitative estimate of drug-likeness (QED) is 0.612. The maximum absolute atomic E-state index is 9.32. The average Bonchev–Trinajstić information content (AvgIpc) is 2.27. The molecule has 1 rings (SSSR count). The van der Waals surface area contributed by atoms with Crippen molar-refractivity contribution in [1.29, 1.82) is 0 Å². The maximum Gasteiger partial charge on any atom is 0.186 e. The Labute approximate surface area is 94.1 Å². The van der Waals surface area contributed by atoms with Crippen LogP contribution >= 0.6 is 11.6 Å². The Morgan fingerprint density at radius 1 is 1.40 bits per heavy atom. The van der Waals surface area contributed by atoms with Crippen LogP contribution in [0.5, 0.6) is 0 Å². The van der Waals surface area contributed by atoms with E-state index in [0.717, 1.165) is 5.56 Å². The number of nitrogens with one attached hydrogen (secondary N) is 1. The van der Waals surface area contributed by atoms with Gasteiger partial charge in [0.1, 0.15) is 0 Å². The summed E-state index contributed by atoms with van der Waals surface area (Å²) in [6.07, 6.45) is 1.56. The van der Waals surface area contributed by atoms with E-state index < -0.39 is 0 Å². The predicted octanol–water partition coefficient (Wildman–Crippen LogP) is 2.38. The number of rotatable bonds is 3. The van der Waals surface area contributed by atoms with Crippen molar-refractivity contribution in [3.63, 3.8) is 0 Å². The van der Waals surface area contributed by atoms with E-state index in [4.69, 9.17) is 11.6 Å². The Kier molecular flexibility index (Phi) is 4.18. The first-order valence-electron chi connectivity index (χ1n) is 4.48. The van der Waals surface area contributed by atoms with Gasteiger partial charge in [-0.25, -0.2) is 0 Å². The fourth-order valence-corrected chi connectivity index (χ4v) is 1.23. The van der Waals surface area contributed by atoms with Crippen molar-refractivity contribution in [2.24, 2.45) is 4.99 Å². The van der Waals surface area contributed by atoms with Gasteiger partial charge in [-0.3, -0.25) is 4.99 Å². The van der Waals surface area contributed by atoms with E-state index in [2.05, 4.69) is 10.3 Å². The van der Waals surface area contributed by atoms with Gasteiger partial charge in [0.25, 0.3) is 0 Å². The monoisotopic (exact) mass is 224 g/mol. The molecule has 0 bridgehead atoms. The second kappa shape index (κ2) is 5.41. The topological polar surface area (TPSA) is 44.6 Å². The van der Waals surface area contributed by atoms with Crippen molar-refractivity contribution in [2.75, 3.05) is 14.1 Å². The first-order chi connectivity index (χ1) is 7.17. The minimum atomic E-state index is 0.0746. The Bertz CT molecular complexity index is 382. The number of hydrogen-bond acceptors (Lipinski definition) is 3. The Balaban J connectivity index is 2.99. The van der Waals surface area contributed by atoms with E-state index in [9.17, 15) is 5.11 Å². The van der Waals surface area contributed by atoms with Gasteiger partial charge in [-0.2, -0.15) is 0 Å². The molecule has 0 fully saturated rings. The summed E-state index contributed by atoms with van der Waals surface area (Å²) < 4.78 is 0. The summed E-state index contributed by atoms with van der Waals surface area (Å²) in [6, 6.07) is 7.27. The number of aliphatic imine (C=N–C) groups is 1. The van der Waals surface area contributed by atoms with E-state index in [0.29, 0.717) is 10.7 Å². The van der Waals surface area contributed by atoms with Crippen LogP contribution in [0.2, 0.25) is 5.02 Å². The highest BCUT2D eigenvalue weighted by Gasteiger charge is 2.00. The van der Waals surface area contributed by atoms with Gasteiger partial charge in [-0.05, 0) is 17.7 Å². The first kappa shape index (κ1) is 11.6. The highest BCUT2D eigenvalue weighted by atomic mass is 35.5. The predicted molar refractivity (Wildman–Crippen MR) is 63.7 cm³/mol. The molecule has 0 amide bonds. The number of benzene rings is 1. The third-order valence-corrected chi connectivity index (χ3v) is 2.16. The number of allylic oxidation sites excluding steroid dienone is 1. The Morgan fingerprint density at radius 2 is 2.00 bits per heavy atom. The summed E-state index contributed by atoms with van der Waals surface area (Å²) in [5.41, 5.74) is 1.60. The molecule has 0 aliphatic heterocycles. The van der Waals surface area contributed by atoms with Gasteiger partial charge in [-0.1, -0.05) is 23.7 Å². The Morgan fingerprint density at radius 3 is 2.47 bits per heavy atom. The summed E-state index contributed by atoms with van der Waals surface area (Å²) >= 11 is 5.78. The van der Waals surface area contributed by atoms with E-state index in [-0.39, 0.29) is 5.88 Å². The summed E-state index contributed by atoms with van der Waals surface area (Å²) in [7, 11) is 3.31. The average molecular weight is 225 g/mol. The fraction of sp³-hybridized carbons (Fsp3) is 0.182. The van der Waals surface area contributed by atoms with Gasteiger partial charge >= 0.3 is 0 Å². The van der Waals surface area contributed by atoms with Gasteiger partial charge in [0.2, 0.25) is 0 Å². The van der Waals surface area contributed by atoms with Crippen molar-refractivity contribution in [3.05, 3.63) is 46.8 Å². The molecule has 4 heteroatoms. The van der Waals surface area contributed by atoms with Crippen molar-refractivity contribution in [1.82, 2.24) is 5.32 Å². The summed E-state index contributed by atoms with van der Waals surface area (Å²) in [6.45, 7) is 0. The number of nitrogens with zero attached hydrogens (tertiary/aromatic N) is 1. The van der Waals surface area contributed by atoms with Crippen LogP contribution < -0.4 is 5.32 Å². The standard InChI is InChI=1S/C11H13ClN2O/c1-13-10(7-11(15)14-2)8-3-5-9(12)6-4-8/h3-7,14-15H,1-2H3/b11-7+,13-10+. The van der Waals surface area contributed by atoms with E-state index in [1.807, 2.05) is 12.1 Å². The largest absolute Gasteiger partial charge is 0.495 e. The molecule has 1 aromatic rings. The van der Waals surface area contributed by atoms with Gasteiger partial charge in [0.05, 0.1) is 5.71 Å².